The molecule has 1 aromatic rings. The second kappa shape index (κ2) is 8.01. The van der Waals surface area contributed by atoms with E-state index >= 15 is 0 Å². The molecule has 2 atom stereocenters. The Morgan fingerprint density at radius 1 is 1.25 bits per heavy atom. The number of amides is 3. The molecular weight excluding hydrogens is 384 g/mol. The summed E-state index contributed by atoms with van der Waals surface area (Å²) in [6.07, 6.45) is 2.96. The summed E-state index contributed by atoms with van der Waals surface area (Å²) >= 11 is 0. The van der Waals surface area contributed by atoms with Gasteiger partial charge in [0.1, 0.15) is 6.04 Å². The molecule has 1 fully saturated rings. The van der Waals surface area contributed by atoms with E-state index in [4.69, 9.17) is 0 Å². The lowest BCUT2D eigenvalue weighted by Crippen LogP contribution is -2.53. The van der Waals surface area contributed by atoms with Crippen molar-refractivity contribution < 1.29 is 22.8 Å². The highest BCUT2D eigenvalue weighted by Crippen LogP contribution is 2.22. The van der Waals surface area contributed by atoms with Crippen LogP contribution >= 0.6 is 0 Å². The predicted octanol–water partition coefficient (Wildman–Crippen LogP) is -0.260. The number of carbonyl (C=O) groups is 3. The second-order valence-corrected chi connectivity index (χ2v) is 8.64. The first-order chi connectivity index (χ1) is 13.3. The van der Waals surface area contributed by atoms with E-state index in [1.54, 1.807) is 12.1 Å². The molecule has 3 amide bonds. The van der Waals surface area contributed by atoms with Crippen LogP contribution in [-0.2, 0) is 24.4 Å². The summed E-state index contributed by atoms with van der Waals surface area (Å²) in [5.74, 6) is -1.11. The van der Waals surface area contributed by atoms with Crippen molar-refractivity contribution >= 4 is 27.7 Å². The summed E-state index contributed by atoms with van der Waals surface area (Å²) in [7, 11) is -4.00. The van der Waals surface area contributed by atoms with Crippen molar-refractivity contribution in [1.29, 1.82) is 0 Å². The van der Waals surface area contributed by atoms with Crippen LogP contribution in [0.5, 0.6) is 0 Å². The van der Waals surface area contributed by atoms with E-state index in [1.165, 1.54) is 24.5 Å². The Balaban J connectivity index is 1.75. The Labute approximate surface area is 163 Å². The zero-order valence-corrected chi connectivity index (χ0v) is 16.2. The molecule has 0 aliphatic carbocycles. The van der Waals surface area contributed by atoms with Gasteiger partial charge in [0, 0.05) is 31.4 Å². The smallest absolute Gasteiger partial charge is 0.264 e. The minimum absolute atomic E-state index is 0.0397. The van der Waals surface area contributed by atoms with Gasteiger partial charge in [0.05, 0.1) is 11.3 Å². The van der Waals surface area contributed by atoms with E-state index in [-0.39, 0.29) is 23.3 Å². The van der Waals surface area contributed by atoms with E-state index < -0.39 is 27.9 Å². The van der Waals surface area contributed by atoms with Gasteiger partial charge in [-0.3, -0.25) is 18.7 Å². The van der Waals surface area contributed by atoms with Gasteiger partial charge in [0.2, 0.25) is 17.7 Å². The largest absolute Gasteiger partial charge is 0.354 e. The Hall–Kier alpha value is -2.88. The zero-order valence-electron chi connectivity index (χ0n) is 15.3. The number of carbonyl (C=O) groups excluding carboxylic acids is 3. The molecule has 9 nitrogen and oxygen atoms in total. The highest BCUT2D eigenvalue weighted by molar-refractivity contribution is 7.89. The lowest BCUT2D eigenvalue weighted by atomic mass is 10.1. The Morgan fingerprint density at radius 2 is 1.96 bits per heavy atom. The number of nitrogens with zero attached hydrogens (tertiary/aromatic N) is 1. The van der Waals surface area contributed by atoms with Crippen molar-refractivity contribution in [2.24, 2.45) is 0 Å². The quantitative estimate of drug-likeness (QED) is 0.621. The van der Waals surface area contributed by atoms with Crippen LogP contribution in [-0.4, -0.2) is 49.1 Å². The molecule has 3 rings (SSSR count). The van der Waals surface area contributed by atoms with Crippen molar-refractivity contribution in [2.45, 2.75) is 43.2 Å². The molecule has 0 radical (unpaired) electrons. The molecule has 0 saturated carbocycles. The van der Waals surface area contributed by atoms with E-state index in [9.17, 15) is 22.8 Å². The Morgan fingerprint density at radius 3 is 2.61 bits per heavy atom. The van der Waals surface area contributed by atoms with Gasteiger partial charge in [0.15, 0.2) is 0 Å². The van der Waals surface area contributed by atoms with Gasteiger partial charge >= 0.3 is 0 Å². The van der Waals surface area contributed by atoms with Crippen LogP contribution in [0.15, 0.2) is 41.6 Å². The topological polar surface area (TPSA) is 125 Å². The molecule has 1 aromatic carbocycles. The monoisotopic (exact) mass is 406 g/mol. The lowest BCUT2D eigenvalue weighted by molar-refractivity contribution is -0.130. The lowest BCUT2D eigenvalue weighted by Gasteiger charge is -2.32. The van der Waals surface area contributed by atoms with Crippen molar-refractivity contribution in [1.82, 2.24) is 20.3 Å². The molecule has 0 bridgehead atoms. The molecule has 10 heteroatoms. The minimum Gasteiger partial charge on any atom is -0.354 e. The molecule has 0 unspecified atom stereocenters. The molecule has 2 aliphatic heterocycles. The molecule has 2 heterocycles. The van der Waals surface area contributed by atoms with Crippen LogP contribution in [0, 0.1) is 6.92 Å². The molecule has 2 aliphatic rings. The first-order valence-electron chi connectivity index (χ1n) is 8.90. The second-order valence-electron chi connectivity index (χ2n) is 6.80. The maximum absolute atomic E-state index is 13.0. The van der Waals surface area contributed by atoms with E-state index in [2.05, 4.69) is 16.0 Å². The highest BCUT2D eigenvalue weighted by atomic mass is 32.2. The number of sulfonamides is 1. The third-order valence-corrected chi connectivity index (χ3v) is 6.46. The van der Waals surface area contributed by atoms with Crippen LogP contribution in [0.1, 0.15) is 24.8 Å². The third-order valence-electron chi connectivity index (χ3n) is 4.66. The maximum atomic E-state index is 13.0. The van der Waals surface area contributed by atoms with Gasteiger partial charge in [0.25, 0.3) is 10.0 Å². The molecule has 0 aromatic heterocycles. The van der Waals surface area contributed by atoms with Gasteiger partial charge < -0.3 is 16.0 Å². The molecule has 150 valence electrons. The number of piperidine rings is 1. The summed E-state index contributed by atoms with van der Waals surface area (Å²) in [5, 5.41) is 7.85. The highest BCUT2D eigenvalue weighted by Gasteiger charge is 2.37. The molecular formula is C18H22N4O5S. The first kappa shape index (κ1) is 19.9. The molecule has 0 spiro atoms. The number of nitrogens with one attached hydrogen (secondary N) is 3. The molecule has 1 saturated heterocycles. The summed E-state index contributed by atoms with van der Waals surface area (Å²) in [6, 6.07) is 4.82. The van der Waals surface area contributed by atoms with Crippen molar-refractivity contribution in [3.05, 3.63) is 42.2 Å². The maximum Gasteiger partial charge on any atom is 0.264 e. The average molecular weight is 406 g/mol. The van der Waals surface area contributed by atoms with Gasteiger partial charge in [-0.1, -0.05) is 17.7 Å². The number of hydrogen-bond acceptors (Lipinski definition) is 5. The van der Waals surface area contributed by atoms with Crippen LogP contribution < -0.4 is 16.0 Å². The average Bonchev–Trinajstić information content (AvgIpc) is 2.65. The van der Waals surface area contributed by atoms with E-state index in [0.717, 1.165) is 9.87 Å². The molecule has 28 heavy (non-hydrogen) atoms. The van der Waals surface area contributed by atoms with Crippen LogP contribution in [0.25, 0.3) is 0 Å². The molecule has 3 N–H and O–H groups in total. The van der Waals surface area contributed by atoms with Crippen LogP contribution in [0.3, 0.4) is 0 Å². The summed E-state index contributed by atoms with van der Waals surface area (Å²) in [6.45, 7) is 2.15. The summed E-state index contributed by atoms with van der Waals surface area (Å²) in [4.78, 5) is 36.0. The van der Waals surface area contributed by atoms with Gasteiger partial charge in [-0.15, -0.1) is 0 Å². The SMILES string of the molecule is Cc1ccc(S(=O)(=O)N2C=CNC(=O)[C@H]2CC(=O)N[C@@H]2CCC(=O)NC2)cc1. The number of aryl methyl sites for hydroxylation is 1. The number of rotatable bonds is 5. The van der Waals surface area contributed by atoms with Crippen LogP contribution in [0.4, 0.5) is 0 Å². The van der Waals surface area contributed by atoms with E-state index in [0.29, 0.717) is 19.4 Å². The fourth-order valence-electron chi connectivity index (χ4n) is 3.09. The number of benzene rings is 1. The Bertz CT molecular complexity index is 900. The number of hydrogen-bond donors (Lipinski definition) is 3. The Kier molecular flexibility index (Phi) is 5.68. The standard InChI is InChI=1S/C18H22N4O5S/c1-12-2-5-14(6-3-12)28(26,27)22-9-8-19-18(25)15(22)10-17(24)21-13-4-7-16(23)20-11-13/h2-3,5-6,8-9,13,15H,4,7,10-11H2,1H3,(H,19,25)(H,20,23)(H,21,24)/t13-,15-/m1/s1. The fourth-order valence-corrected chi connectivity index (χ4v) is 4.54. The van der Waals surface area contributed by atoms with Gasteiger partial charge in [-0.2, -0.15) is 0 Å². The predicted molar refractivity (Wildman–Crippen MR) is 100 cm³/mol. The minimum atomic E-state index is -4.00. The van der Waals surface area contributed by atoms with Gasteiger partial charge in [-0.25, -0.2) is 8.42 Å². The summed E-state index contributed by atoms with van der Waals surface area (Å²) in [5.41, 5.74) is 0.904. The first-order valence-corrected chi connectivity index (χ1v) is 10.3. The van der Waals surface area contributed by atoms with Crippen molar-refractivity contribution in [3.63, 3.8) is 0 Å². The van der Waals surface area contributed by atoms with Crippen molar-refractivity contribution in [2.75, 3.05) is 6.54 Å². The normalized spacial score (nSPS) is 22.4. The van der Waals surface area contributed by atoms with Crippen LogP contribution in [0.2, 0.25) is 0 Å². The summed E-state index contributed by atoms with van der Waals surface area (Å²) < 4.78 is 26.9. The van der Waals surface area contributed by atoms with Crippen molar-refractivity contribution in [3.8, 4) is 0 Å². The van der Waals surface area contributed by atoms with Gasteiger partial charge in [-0.05, 0) is 25.5 Å². The zero-order chi connectivity index (χ0) is 20.3. The van der Waals surface area contributed by atoms with E-state index in [1.807, 2.05) is 6.92 Å². The third kappa shape index (κ3) is 4.33. The fraction of sp³-hybridized carbons (Fsp3) is 0.389.